The molecule has 4 rings (SSSR count). The molecule has 8 nitrogen and oxygen atoms in total. The van der Waals surface area contributed by atoms with Gasteiger partial charge in [-0.3, -0.25) is 14.2 Å². The number of benzene rings is 3. The van der Waals surface area contributed by atoms with Crippen LogP contribution in [0.1, 0.15) is 5.56 Å². The zero-order chi connectivity index (χ0) is 23.9. The lowest BCUT2D eigenvalue weighted by Gasteiger charge is -2.12. The van der Waals surface area contributed by atoms with E-state index in [0.29, 0.717) is 38.8 Å². The van der Waals surface area contributed by atoms with Gasteiger partial charge in [0.2, 0.25) is 0 Å². The number of carbonyl (C=O) groups is 1. The first-order valence-corrected chi connectivity index (χ1v) is 11.3. The Morgan fingerprint density at radius 2 is 1.79 bits per heavy atom. The van der Waals surface area contributed by atoms with Crippen molar-refractivity contribution in [3.05, 3.63) is 88.7 Å². The van der Waals surface area contributed by atoms with Crippen molar-refractivity contribution < 1.29 is 14.3 Å². The monoisotopic (exact) mass is 474 g/mol. The van der Waals surface area contributed by atoms with E-state index in [1.54, 1.807) is 43.5 Å². The van der Waals surface area contributed by atoms with Gasteiger partial charge < -0.3 is 9.47 Å². The van der Waals surface area contributed by atoms with Crippen molar-refractivity contribution in [1.82, 2.24) is 15.0 Å². The van der Waals surface area contributed by atoms with Crippen LogP contribution in [0.4, 0.5) is 0 Å². The van der Waals surface area contributed by atoms with Gasteiger partial charge in [0.1, 0.15) is 0 Å². The second-order valence-electron chi connectivity index (χ2n) is 7.05. The van der Waals surface area contributed by atoms with E-state index in [-0.39, 0.29) is 17.2 Å². The third-order valence-corrected chi connectivity index (χ3v) is 5.86. The molecule has 0 unspecified atom stereocenters. The molecule has 1 heterocycles. The van der Waals surface area contributed by atoms with Gasteiger partial charge in [-0.1, -0.05) is 48.2 Å². The van der Waals surface area contributed by atoms with Crippen molar-refractivity contribution in [2.24, 2.45) is 5.10 Å². The quantitative estimate of drug-likeness (QED) is 0.181. The molecule has 0 spiro atoms. The number of aromatic nitrogens is 2. The number of hydrazone groups is 1. The molecule has 0 fully saturated rings. The molecule has 3 aromatic carbocycles. The van der Waals surface area contributed by atoms with Gasteiger partial charge in [0.05, 0.1) is 42.8 Å². The molecule has 1 aromatic heterocycles. The first-order valence-electron chi connectivity index (χ1n) is 10.3. The minimum Gasteiger partial charge on any atom is -0.493 e. The van der Waals surface area contributed by atoms with Crippen molar-refractivity contribution in [2.75, 3.05) is 20.0 Å². The maximum atomic E-state index is 13.2. The van der Waals surface area contributed by atoms with Gasteiger partial charge in [-0.15, -0.1) is 0 Å². The number of para-hydroxylation sites is 3. The van der Waals surface area contributed by atoms with Crippen molar-refractivity contribution in [3.8, 4) is 17.2 Å². The Bertz CT molecular complexity index is 1400. The maximum absolute atomic E-state index is 13.2. The minimum atomic E-state index is -0.342. The molecule has 0 saturated heterocycles. The van der Waals surface area contributed by atoms with Crippen LogP contribution >= 0.6 is 11.8 Å². The molecule has 172 valence electrons. The zero-order valence-corrected chi connectivity index (χ0v) is 19.4. The number of fused-ring (bicyclic) bond motifs is 1. The second kappa shape index (κ2) is 10.7. The van der Waals surface area contributed by atoms with Crippen molar-refractivity contribution in [1.29, 1.82) is 0 Å². The number of amides is 1. The topological polar surface area (TPSA) is 94.8 Å². The summed E-state index contributed by atoms with van der Waals surface area (Å²) in [6, 6.07) is 21.7. The number of rotatable bonds is 8. The number of ether oxygens (including phenoxy) is 2. The van der Waals surface area contributed by atoms with Crippen molar-refractivity contribution >= 4 is 34.8 Å². The standard InChI is InChI=1S/C25H22N4O4S/c1-32-21-14-8-9-17(23(21)33-2)15-26-28-22(30)16-34-25-27-20-13-7-6-12-19(20)24(31)29(25)18-10-4-3-5-11-18/h3-15H,16H2,1-2H3,(H,28,30)/b26-15+. The SMILES string of the molecule is COc1cccc(/C=N/NC(=O)CSc2nc3ccccc3c(=O)n2-c2ccccc2)c1OC. The van der Waals surface area contributed by atoms with Crippen LogP contribution < -0.4 is 20.5 Å². The summed E-state index contributed by atoms with van der Waals surface area (Å²) in [6.45, 7) is 0. The molecule has 0 saturated carbocycles. The Morgan fingerprint density at radius 1 is 1.03 bits per heavy atom. The van der Waals surface area contributed by atoms with Gasteiger partial charge in [0.25, 0.3) is 11.5 Å². The highest BCUT2D eigenvalue weighted by molar-refractivity contribution is 7.99. The zero-order valence-electron chi connectivity index (χ0n) is 18.6. The molecular weight excluding hydrogens is 452 g/mol. The predicted octanol–water partition coefficient (Wildman–Crippen LogP) is 3.65. The van der Waals surface area contributed by atoms with E-state index in [1.807, 2.05) is 36.4 Å². The normalized spacial score (nSPS) is 11.0. The van der Waals surface area contributed by atoms with E-state index < -0.39 is 0 Å². The molecule has 0 atom stereocenters. The second-order valence-corrected chi connectivity index (χ2v) is 7.99. The lowest BCUT2D eigenvalue weighted by Crippen LogP contribution is -2.24. The molecule has 9 heteroatoms. The van der Waals surface area contributed by atoms with Crippen LogP contribution in [0.15, 0.2) is 87.8 Å². The molecule has 0 radical (unpaired) electrons. The largest absolute Gasteiger partial charge is 0.493 e. The van der Waals surface area contributed by atoms with Crippen LogP contribution in [0.25, 0.3) is 16.6 Å². The Balaban J connectivity index is 1.53. The van der Waals surface area contributed by atoms with Crippen molar-refractivity contribution in [3.63, 3.8) is 0 Å². The summed E-state index contributed by atoms with van der Waals surface area (Å²) in [5.41, 5.74) is 4.22. The van der Waals surface area contributed by atoms with Crippen LogP contribution in [-0.4, -0.2) is 41.6 Å². The molecular formula is C25H22N4O4S. The number of nitrogens with one attached hydrogen (secondary N) is 1. The summed E-state index contributed by atoms with van der Waals surface area (Å²) in [5, 5.41) is 4.95. The molecule has 1 amide bonds. The highest BCUT2D eigenvalue weighted by atomic mass is 32.2. The average molecular weight is 475 g/mol. The number of nitrogens with zero attached hydrogens (tertiary/aromatic N) is 3. The molecule has 34 heavy (non-hydrogen) atoms. The van der Waals surface area contributed by atoms with Crippen LogP contribution in [0.2, 0.25) is 0 Å². The van der Waals surface area contributed by atoms with E-state index in [4.69, 9.17) is 9.47 Å². The first kappa shape index (κ1) is 23.1. The molecule has 0 aliphatic carbocycles. The summed E-state index contributed by atoms with van der Waals surface area (Å²) in [7, 11) is 3.08. The Kier molecular flexibility index (Phi) is 7.24. The number of hydrogen-bond donors (Lipinski definition) is 1. The smallest absolute Gasteiger partial charge is 0.266 e. The van der Waals surface area contributed by atoms with Crippen molar-refractivity contribution in [2.45, 2.75) is 5.16 Å². The van der Waals surface area contributed by atoms with Crippen LogP contribution in [0, 0.1) is 0 Å². The first-order chi connectivity index (χ1) is 16.6. The summed E-state index contributed by atoms with van der Waals surface area (Å²) >= 11 is 1.16. The lowest BCUT2D eigenvalue weighted by molar-refractivity contribution is -0.118. The molecule has 1 N–H and O–H groups in total. The van der Waals surface area contributed by atoms with E-state index in [9.17, 15) is 9.59 Å². The third-order valence-electron chi connectivity index (χ3n) is 4.92. The van der Waals surface area contributed by atoms with Gasteiger partial charge in [-0.25, -0.2) is 10.4 Å². The van der Waals surface area contributed by atoms with Gasteiger partial charge in [0.15, 0.2) is 16.7 Å². The van der Waals surface area contributed by atoms with Gasteiger partial charge in [0, 0.05) is 5.56 Å². The number of hydrogen-bond acceptors (Lipinski definition) is 7. The highest BCUT2D eigenvalue weighted by Gasteiger charge is 2.14. The van der Waals surface area contributed by atoms with Gasteiger partial charge in [-0.05, 0) is 36.4 Å². The fourth-order valence-corrected chi connectivity index (χ4v) is 4.17. The molecule has 0 bridgehead atoms. The van der Waals surface area contributed by atoms with E-state index in [1.165, 1.54) is 17.9 Å². The fourth-order valence-electron chi connectivity index (χ4n) is 3.36. The number of thioether (sulfide) groups is 1. The van der Waals surface area contributed by atoms with E-state index in [2.05, 4.69) is 15.5 Å². The van der Waals surface area contributed by atoms with Crippen LogP contribution in [0.3, 0.4) is 0 Å². The minimum absolute atomic E-state index is 0.0181. The Hall–Kier alpha value is -4.11. The Labute approximate surface area is 200 Å². The van der Waals surface area contributed by atoms with E-state index >= 15 is 0 Å². The maximum Gasteiger partial charge on any atom is 0.266 e. The summed E-state index contributed by atoms with van der Waals surface area (Å²) in [4.78, 5) is 30.3. The summed E-state index contributed by atoms with van der Waals surface area (Å²) < 4.78 is 12.1. The summed E-state index contributed by atoms with van der Waals surface area (Å²) in [5.74, 6) is 0.758. The van der Waals surface area contributed by atoms with Gasteiger partial charge in [-0.2, -0.15) is 5.10 Å². The predicted molar refractivity (Wildman–Crippen MR) is 133 cm³/mol. The molecule has 4 aromatic rings. The molecule has 0 aliphatic rings. The van der Waals surface area contributed by atoms with E-state index in [0.717, 1.165) is 11.8 Å². The number of carbonyl (C=O) groups excluding carboxylic acids is 1. The fraction of sp³-hybridized carbons (Fsp3) is 0.120. The van der Waals surface area contributed by atoms with Crippen LogP contribution in [-0.2, 0) is 4.79 Å². The number of methoxy groups -OCH3 is 2. The van der Waals surface area contributed by atoms with Gasteiger partial charge >= 0.3 is 0 Å². The highest BCUT2D eigenvalue weighted by Crippen LogP contribution is 2.29. The Morgan fingerprint density at radius 3 is 2.56 bits per heavy atom. The summed E-state index contributed by atoms with van der Waals surface area (Å²) in [6.07, 6.45) is 1.48. The van der Waals surface area contributed by atoms with Crippen LogP contribution in [0.5, 0.6) is 11.5 Å². The lowest BCUT2D eigenvalue weighted by atomic mass is 10.2. The average Bonchev–Trinajstić information content (AvgIpc) is 2.87. The molecule has 0 aliphatic heterocycles. The third kappa shape index (κ3) is 4.94.